The molecule has 0 N–H and O–H groups in total. The summed E-state index contributed by atoms with van der Waals surface area (Å²) >= 11 is 0. The Balaban J connectivity index is 1.72. The van der Waals surface area contributed by atoms with Crippen LogP contribution in [0.4, 0.5) is 5.69 Å². The second-order valence-corrected chi connectivity index (χ2v) is 6.86. The molecule has 154 valence electrons. The number of hydrogen-bond donors (Lipinski definition) is 0. The van der Waals surface area contributed by atoms with Crippen molar-refractivity contribution in [3.05, 3.63) is 108 Å². The average molecular weight is 410 g/mol. The number of anilines is 1. The minimum absolute atomic E-state index is 0.177. The van der Waals surface area contributed by atoms with Crippen LogP contribution in [0, 0.1) is 0 Å². The van der Waals surface area contributed by atoms with E-state index in [4.69, 9.17) is 9.47 Å². The minimum atomic E-state index is -0.177. The molecule has 1 aliphatic heterocycles. The van der Waals surface area contributed by atoms with E-state index in [1.165, 1.54) is 5.01 Å². The summed E-state index contributed by atoms with van der Waals surface area (Å²) in [7, 11) is 1.62. The summed E-state index contributed by atoms with van der Waals surface area (Å²) in [6.07, 6.45) is 3.55. The zero-order valence-corrected chi connectivity index (χ0v) is 17.2. The van der Waals surface area contributed by atoms with Gasteiger partial charge in [-0.15, -0.1) is 0 Å². The van der Waals surface area contributed by atoms with E-state index in [1.54, 1.807) is 13.2 Å². The van der Waals surface area contributed by atoms with Gasteiger partial charge >= 0.3 is 0 Å². The first kappa shape index (κ1) is 20.2. The molecule has 0 unspecified atom stereocenters. The third-order valence-corrected chi connectivity index (χ3v) is 4.80. The zero-order chi connectivity index (χ0) is 21.6. The molecular weight excluding hydrogens is 388 g/mol. The molecule has 31 heavy (non-hydrogen) atoms. The Labute approximate surface area is 181 Å². The van der Waals surface area contributed by atoms with Crippen LogP contribution in [0.2, 0.25) is 0 Å². The van der Waals surface area contributed by atoms with E-state index in [0.717, 1.165) is 28.3 Å². The molecule has 1 amide bonds. The Morgan fingerprint density at radius 2 is 1.61 bits per heavy atom. The standard InChI is InChI=1S/C26H22N2O3/c1-3-17-31-23-13-9-19(10-14-23)18-24-25(20-11-15-22(30-2)16-12-20)27-28(26(24)29)21-7-5-4-6-8-21/h3-16,18H,1,17H2,2H3. The van der Waals surface area contributed by atoms with Gasteiger partial charge in [0.25, 0.3) is 5.91 Å². The number of nitrogens with zero attached hydrogens (tertiary/aromatic N) is 2. The van der Waals surface area contributed by atoms with Crippen LogP contribution < -0.4 is 14.5 Å². The van der Waals surface area contributed by atoms with Gasteiger partial charge in [-0.25, -0.2) is 0 Å². The predicted molar refractivity (Wildman–Crippen MR) is 124 cm³/mol. The van der Waals surface area contributed by atoms with Crippen LogP contribution in [0.15, 0.2) is 102 Å². The molecule has 0 bridgehead atoms. The lowest BCUT2D eigenvalue weighted by Gasteiger charge is -2.10. The van der Waals surface area contributed by atoms with E-state index in [-0.39, 0.29) is 5.91 Å². The quantitative estimate of drug-likeness (QED) is 0.402. The van der Waals surface area contributed by atoms with Crippen molar-refractivity contribution in [2.45, 2.75) is 0 Å². The SMILES string of the molecule is C=CCOc1ccc(C=C2C(=O)N(c3ccccc3)N=C2c2ccc(OC)cc2)cc1. The molecule has 0 aromatic heterocycles. The molecule has 0 atom stereocenters. The van der Waals surface area contributed by atoms with Gasteiger partial charge in [-0.1, -0.05) is 43.0 Å². The lowest BCUT2D eigenvalue weighted by atomic mass is 10.00. The summed E-state index contributed by atoms with van der Waals surface area (Å²) < 4.78 is 10.8. The molecule has 0 fully saturated rings. The fraction of sp³-hybridized carbons (Fsp3) is 0.0769. The number of methoxy groups -OCH3 is 1. The smallest absolute Gasteiger partial charge is 0.281 e. The molecule has 5 nitrogen and oxygen atoms in total. The number of ether oxygens (including phenoxy) is 2. The molecule has 0 aliphatic carbocycles. The third kappa shape index (κ3) is 4.41. The van der Waals surface area contributed by atoms with Gasteiger partial charge < -0.3 is 9.47 Å². The van der Waals surface area contributed by atoms with Gasteiger partial charge in [-0.2, -0.15) is 10.1 Å². The Kier molecular flexibility index (Phi) is 5.94. The highest BCUT2D eigenvalue weighted by Crippen LogP contribution is 2.28. The Morgan fingerprint density at radius 3 is 2.26 bits per heavy atom. The molecule has 5 heteroatoms. The summed E-state index contributed by atoms with van der Waals surface area (Å²) in [5, 5.41) is 6.09. The van der Waals surface area contributed by atoms with Crippen molar-refractivity contribution < 1.29 is 14.3 Å². The first-order valence-electron chi connectivity index (χ1n) is 9.88. The second-order valence-electron chi connectivity index (χ2n) is 6.86. The minimum Gasteiger partial charge on any atom is -0.497 e. The monoisotopic (exact) mass is 410 g/mol. The van der Waals surface area contributed by atoms with Crippen LogP contribution in [0.5, 0.6) is 11.5 Å². The van der Waals surface area contributed by atoms with E-state index < -0.39 is 0 Å². The molecule has 3 aromatic rings. The van der Waals surface area contributed by atoms with Crippen LogP contribution >= 0.6 is 0 Å². The topological polar surface area (TPSA) is 51.1 Å². The zero-order valence-electron chi connectivity index (χ0n) is 17.2. The molecule has 0 saturated carbocycles. The van der Waals surface area contributed by atoms with Crippen molar-refractivity contribution in [1.29, 1.82) is 0 Å². The van der Waals surface area contributed by atoms with E-state index >= 15 is 0 Å². The molecule has 0 radical (unpaired) electrons. The maximum absolute atomic E-state index is 13.3. The van der Waals surface area contributed by atoms with Gasteiger partial charge in [0.05, 0.1) is 18.4 Å². The number of hydrazone groups is 1. The number of carbonyl (C=O) groups is 1. The first-order valence-corrected chi connectivity index (χ1v) is 9.88. The van der Waals surface area contributed by atoms with Gasteiger partial charge in [0.15, 0.2) is 0 Å². The third-order valence-electron chi connectivity index (χ3n) is 4.80. The summed E-state index contributed by atoms with van der Waals surface area (Å²) in [6.45, 7) is 4.10. The van der Waals surface area contributed by atoms with Gasteiger partial charge in [-0.3, -0.25) is 4.79 Å². The summed E-state index contributed by atoms with van der Waals surface area (Å²) in [6, 6.07) is 24.5. The van der Waals surface area contributed by atoms with E-state index in [9.17, 15) is 4.79 Å². The van der Waals surface area contributed by atoms with Crippen LogP contribution in [-0.4, -0.2) is 25.3 Å². The number of para-hydroxylation sites is 1. The van der Waals surface area contributed by atoms with Crippen LogP contribution in [0.3, 0.4) is 0 Å². The number of rotatable bonds is 7. The fourth-order valence-corrected chi connectivity index (χ4v) is 3.23. The summed E-state index contributed by atoms with van der Waals surface area (Å²) in [5.41, 5.74) is 3.57. The molecule has 1 aliphatic rings. The summed E-state index contributed by atoms with van der Waals surface area (Å²) in [4.78, 5) is 13.3. The maximum Gasteiger partial charge on any atom is 0.281 e. The van der Waals surface area contributed by atoms with Gasteiger partial charge in [0.1, 0.15) is 23.8 Å². The molecule has 1 heterocycles. The van der Waals surface area contributed by atoms with Gasteiger partial charge in [0.2, 0.25) is 0 Å². The maximum atomic E-state index is 13.3. The molecule has 3 aromatic carbocycles. The molecule has 0 spiro atoms. The molecule has 0 saturated heterocycles. The Bertz CT molecular complexity index is 1130. The summed E-state index contributed by atoms with van der Waals surface area (Å²) in [5.74, 6) is 1.31. The van der Waals surface area contributed by atoms with Gasteiger partial charge in [0, 0.05) is 5.56 Å². The van der Waals surface area contributed by atoms with Crippen LogP contribution in [0.25, 0.3) is 6.08 Å². The van der Waals surface area contributed by atoms with Crippen molar-refractivity contribution in [3.63, 3.8) is 0 Å². The molecular formula is C26H22N2O3. The lowest BCUT2D eigenvalue weighted by molar-refractivity contribution is -0.114. The normalized spacial score (nSPS) is 14.5. The largest absolute Gasteiger partial charge is 0.497 e. The van der Waals surface area contributed by atoms with Crippen molar-refractivity contribution in [2.75, 3.05) is 18.7 Å². The predicted octanol–water partition coefficient (Wildman–Crippen LogP) is 5.09. The Hall–Kier alpha value is -4.12. The number of carbonyl (C=O) groups excluding carboxylic acids is 1. The fourth-order valence-electron chi connectivity index (χ4n) is 3.23. The first-order chi connectivity index (χ1) is 15.2. The van der Waals surface area contributed by atoms with E-state index in [0.29, 0.717) is 17.9 Å². The average Bonchev–Trinajstić information content (AvgIpc) is 3.15. The second kappa shape index (κ2) is 9.13. The van der Waals surface area contributed by atoms with Crippen molar-refractivity contribution in [3.8, 4) is 11.5 Å². The van der Waals surface area contributed by atoms with Crippen molar-refractivity contribution in [1.82, 2.24) is 0 Å². The lowest BCUT2D eigenvalue weighted by Crippen LogP contribution is -2.21. The van der Waals surface area contributed by atoms with E-state index in [2.05, 4.69) is 11.7 Å². The number of hydrogen-bond acceptors (Lipinski definition) is 4. The molecule has 4 rings (SSSR count). The number of benzene rings is 3. The van der Waals surface area contributed by atoms with Crippen molar-refractivity contribution in [2.24, 2.45) is 5.10 Å². The highest BCUT2D eigenvalue weighted by molar-refractivity contribution is 6.37. The van der Waals surface area contributed by atoms with Crippen LogP contribution in [-0.2, 0) is 4.79 Å². The highest BCUT2D eigenvalue weighted by atomic mass is 16.5. The number of amides is 1. The van der Waals surface area contributed by atoms with Gasteiger partial charge in [-0.05, 0) is 60.2 Å². The Morgan fingerprint density at radius 1 is 0.935 bits per heavy atom. The van der Waals surface area contributed by atoms with Crippen LogP contribution in [0.1, 0.15) is 11.1 Å². The van der Waals surface area contributed by atoms with Crippen molar-refractivity contribution >= 4 is 23.4 Å². The highest BCUT2D eigenvalue weighted by Gasteiger charge is 2.32. The van der Waals surface area contributed by atoms with E-state index in [1.807, 2.05) is 84.9 Å².